The number of morpholine rings is 1. The molecule has 3 heterocycles. The predicted molar refractivity (Wildman–Crippen MR) is 130 cm³/mol. The second-order valence-corrected chi connectivity index (χ2v) is 9.09. The number of halogens is 1. The quantitative estimate of drug-likeness (QED) is 0.449. The molecule has 11 heteroatoms. The van der Waals surface area contributed by atoms with Crippen molar-refractivity contribution in [2.45, 2.75) is 25.9 Å². The maximum absolute atomic E-state index is 13.4. The Morgan fingerprint density at radius 1 is 1.11 bits per heavy atom. The third-order valence-electron chi connectivity index (χ3n) is 6.16. The number of carbonyl (C=O) groups is 2. The van der Waals surface area contributed by atoms with Crippen LogP contribution in [0.5, 0.6) is 5.75 Å². The molecular weight excluding hydrogens is 471 g/mol. The summed E-state index contributed by atoms with van der Waals surface area (Å²) in [6, 6.07) is 8.86. The van der Waals surface area contributed by atoms with Gasteiger partial charge in [-0.2, -0.15) is 0 Å². The summed E-state index contributed by atoms with van der Waals surface area (Å²) in [5.74, 6) is -3.40. The van der Waals surface area contributed by atoms with Gasteiger partial charge >= 0.3 is 5.97 Å². The molecule has 36 heavy (non-hydrogen) atoms. The Hall–Kier alpha value is -3.83. The lowest BCUT2D eigenvalue weighted by atomic mass is 10.0. The number of ether oxygens (including phenoxy) is 1. The fraction of sp³-hybridized carbons (Fsp3) is 0.360. The molecule has 0 unspecified atom stereocenters. The van der Waals surface area contributed by atoms with E-state index in [-0.39, 0.29) is 12.1 Å². The number of carbonyl (C=O) groups excluding carboxylic acids is 1. The molecule has 0 bridgehead atoms. The zero-order chi connectivity index (χ0) is 26.0. The maximum atomic E-state index is 13.4. The van der Waals surface area contributed by atoms with Crippen molar-refractivity contribution in [3.8, 4) is 17.0 Å². The molecule has 0 aliphatic carbocycles. The molecule has 0 radical (unpaired) electrons. The van der Waals surface area contributed by atoms with Crippen LogP contribution in [0.3, 0.4) is 0 Å². The van der Waals surface area contributed by atoms with Crippen molar-refractivity contribution in [2.75, 3.05) is 32.8 Å². The normalized spacial score (nSPS) is 14.6. The van der Waals surface area contributed by atoms with Gasteiger partial charge in [0.15, 0.2) is 5.75 Å². The molecule has 1 aliphatic heterocycles. The van der Waals surface area contributed by atoms with Crippen LogP contribution in [0.15, 0.2) is 41.2 Å². The lowest BCUT2D eigenvalue weighted by molar-refractivity contribution is -0.143. The fourth-order valence-electron chi connectivity index (χ4n) is 3.98. The van der Waals surface area contributed by atoms with Gasteiger partial charge in [0.2, 0.25) is 0 Å². The van der Waals surface area contributed by atoms with E-state index >= 15 is 0 Å². The van der Waals surface area contributed by atoms with Crippen molar-refractivity contribution < 1.29 is 28.9 Å². The van der Waals surface area contributed by atoms with Gasteiger partial charge < -0.3 is 24.8 Å². The van der Waals surface area contributed by atoms with Gasteiger partial charge in [-0.05, 0) is 50.2 Å². The average molecular weight is 499 g/mol. The molecule has 4 rings (SSSR count). The summed E-state index contributed by atoms with van der Waals surface area (Å²) in [5.41, 5.74) is -1.77. The number of benzene rings is 1. The Morgan fingerprint density at radius 3 is 2.42 bits per heavy atom. The van der Waals surface area contributed by atoms with Gasteiger partial charge in [0.1, 0.15) is 22.4 Å². The number of hydrogen-bond acceptors (Lipinski definition) is 7. The van der Waals surface area contributed by atoms with E-state index < -0.39 is 40.1 Å². The summed E-state index contributed by atoms with van der Waals surface area (Å²) in [6.07, 6.45) is 0. The number of carboxylic acid groups (broad SMARTS) is 1. The number of carboxylic acids is 1. The lowest BCUT2D eigenvalue weighted by Gasteiger charge is -2.27. The SMILES string of the molecule is CC(C)(NC(=O)c1c(O)c2nc(-c3ccc(F)cc3)ccc2n(CCN2CCOCC2)c1=O)C(=O)O. The Bertz CT molecular complexity index is 1360. The van der Waals surface area contributed by atoms with Crippen LogP contribution in [0.1, 0.15) is 24.2 Å². The second kappa shape index (κ2) is 10.0. The number of amides is 1. The number of aliphatic carboxylic acids is 1. The third kappa shape index (κ3) is 5.07. The Balaban J connectivity index is 1.84. The van der Waals surface area contributed by atoms with Gasteiger partial charge in [-0.15, -0.1) is 0 Å². The molecule has 3 N–H and O–H groups in total. The molecule has 2 aromatic heterocycles. The Labute approximate surface area is 205 Å². The van der Waals surface area contributed by atoms with Crippen LogP contribution in [0.4, 0.5) is 4.39 Å². The average Bonchev–Trinajstić information content (AvgIpc) is 2.84. The summed E-state index contributed by atoms with van der Waals surface area (Å²) < 4.78 is 20.1. The van der Waals surface area contributed by atoms with E-state index in [1.807, 2.05) is 0 Å². The Kier molecular flexibility index (Phi) is 7.04. The van der Waals surface area contributed by atoms with Crippen LogP contribution < -0.4 is 10.9 Å². The summed E-state index contributed by atoms with van der Waals surface area (Å²) in [6.45, 7) is 5.77. The maximum Gasteiger partial charge on any atom is 0.328 e. The van der Waals surface area contributed by atoms with Crippen LogP contribution >= 0.6 is 0 Å². The van der Waals surface area contributed by atoms with Gasteiger partial charge in [0.05, 0.1) is 24.4 Å². The van der Waals surface area contributed by atoms with Gasteiger partial charge in [-0.1, -0.05) is 0 Å². The molecule has 0 saturated carbocycles. The summed E-state index contributed by atoms with van der Waals surface area (Å²) in [5, 5.41) is 22.7. The largest absolute Gasteiger partial charge is 0.505 e. The highest BCUT2D eigenvalue weighted by atomic mass is 19.1. The van der Waals surface area contributed by atoms with E-state index in [0.29, 0.717) is 49.6 Å². The van der Waals surface area contributed by atoms with Crippen LogP contribution in [-0.4, -0.2) is 74.9 Å². The number of pyridine rings is 2. The highest BCUT2D eigenvalue weighted by Gasteiger charge is 2.33. The molecule has 190 valence electrons. The standard InChI is InChI=1S/C25H27FN4O6/c1-25(2,24(34)35)28-22(32)19-21(31)20-18(8-7-17(27-20)15-3-5-16(26)6-4-15)30(23(19)33)10-9-29-11-13-36-14-12-29/h3-8,31H,9-14H2,1-2H3,(H,28,32)(H,34,35). The smallest absolute Gasteiger partial charge is 0.328 e. The van der Waals surface area contributed by atoms with Crippen molar-refractivity contribution in [3.63, 3.8) is 0 Å². The number of rotatable bonds is 7. The molecule has 1 saturated heterocycles. The lowest BCUT2D eigenvalue weighted by Crippen LogP contribution is -2.51. The minimum absolute atomic E-state index is 0.00307. The molecule has 1 fully saturated rings. The van der Waals surface area contributed by atoms with Crippen molar-refractivity contribution >= 4 is 22.9 Å². The first-order valence-electron chi connectivity index (χ1n) is 11.5. The minimum Gasteiger partial charge on any atom is -0.505 e. The van der Waals surface area contributed by atoms with E-state index in [9.17, 15) is 29.0 Å². The van der Waals surface area contributed by atoms with E-state index in [1.54, 1.807) is 12.1 Å². The zero-order valence-electron chi connectivity index (χ0n) is 20.0. The van der Waals surface area contributed by atoms with E-state index in [1.165, 1.54) is 42.7 Å². The van der Waals surface area contributed by atoms with Gasteiger partial charge in [-0.25, -0.2) is 14.2 Å². The number of nitrogens with one attached hydrogen (secondary N) is 1. The first-order valence-corrected chi connectivity index (χ1v) is 11.5. The molecule has 1 aromatic carbocycles. The number of fused-ring (bicyclic) bond motifs is 1. The predicted octanol–water partition coefficient (Wildman–Crippen LogP) is 1.83. The molecule has 0 atom stereocenters. The summed E-state index contributed by atoms with van der Waals surface area (Å²) in [7, 11) is 0. The first kappa shape index (κ1) is 25.3. The van der Waals surface area contributed by atoms with Crippen LogP contribution in [0.2, 0.25) is 0 Å². The molecular formula is C25H27FN4O6. The molecule has 3 aromatic rings. The van der Waals surface area contributed by atoms with Crippen LogP contribution in [0.25, 0.3) is 22.3 Å². The molecule has 0 spiro atoms. The first-order chi connectivity index (χ1) is 17.1. The van der Waals surface area contributed by atoms with Gasteiger partial charge in [0.25, 0.3) is 11.5 Å². The van der Waals surface area contributed by atoms with Gasteiger partial charge in [0, 0.05) is 31.7 Å². The molecule has 1 amide bonds. The zero-order valence-corrected chi connectivity index (χ0v) is 20.0. The van der Waals surface area contributed by atoms with E-state index in [2.05, 4.69) is 15.2 Å². The van der Waals surface area contributed by atoms with Crippen molar-refractivity contribution in [2.24, 2.45) is 0 Å². The Morgan fingerprint density at radius 2 is 1.78 bits per heavy atom. The van der Waals surface area contributed by atoms with Crippen molar-refractivity contribution in [1.82, 2.24) is 19.8 Å². The molecule has 1 aliphatic rings. The number of aromatic nitrogens is 2. The van der Waals surface area contributed by atoms with Gasteiger partial charge in [-0.3, -0.25) is 14.5 Å². The number of hydrogen-bond donors (Lipinski definition) is 3. The second-order valence-electron chi connectivity index (χ2n) is 9.09. The molecule has 10 nitrogen and oxygen atoms in total. The topological polar surface area (TPSA) is 134 Å². The third-order valence-corrected chi connectivity index (χ3v) is 6.16. The fourth-order valence-corrected chi connectivity index (χ4v) is 3.98. The van der Waals surface area contributed by atoms with Crippen molar-refractivity contribution in [3.05, 3.63) is 58.1 Å². The monoisotopic (exact) mass is 498 g/mol. The highest BCUT2D eigenvalue weighted by Crippen LogP contribution is 2.28. The summed E-state index contributed by atoms with van der Waals surface area (Å²) >= 11 is 0. The van der Waals surface area contributed by atoms with E-state index in [4.69, 9.17) is 4.74 Å². The van der Waals surface area contributed by atoms with Crippen molar-refractivity contribution in [1.29, 1.82) is 0 Å². The minimum atomic E-state index is -1.69. The highest BCUT2D eigenvalue weighted by molar-refractivity contribution is 6.03. The number of nitrogens with zero attached hydrogens (tertiary/aromatic N) is 3. The van der Waals surface area contributed by atoms with Crippen LogP contribution in [-0.2, 0) is 16.1 Å². The van der Waals surface area contributed by atoms with Crippen LogP contribution in [0, 0.1) is 5.82 Å². The summed E-state index contributed by atoms with van der Waals surface area (Å²) in [4.78, 5) is 44.6. The van der Waals surface area contributed by atoms with E-state index in [0.717, 1.165) is 0 Å². The number of aromatic hydroxyl groups is 1.